The van der Waals surface area contributed by atoms with Gasteiger partial charge in [-0.2, -0.15) is 0 Å². The molecule has 1 N–H and O–H groups in total. The zero-order valence-electron chi connectivity index (χ0n) is 17.3. The van der Waals surface area contributed by atoms with Gasteiger partial charge in [-0.3, -0.25) is 4.79 Å². The summed E-state index contributed by atoms with van der Waals surface area (Å²) in [5.74, 6) is 0.123. The third kappa shape index (κ3) is 4.13. The van der Waals surface area contributed by atoms with Gasteiger partial charge in [0.25, 0.3) is 5.91 Å². The monoisotopic (exact) mass is 417 g/mol. The maximum absolute atomic E-state index is 13.2. The van der Waals surface area contributed by atoms with E-state index in [1.807, 2.05) is 32.0 Å². The van der Waals surface area contributed by atoms with Gasteiger partial charge in [0.15, 0.2) is 5.69 Å². The highest BCUT2D eigenvalue weighted by Crippen LogP contribution is 2.30. The lowest BCUT2D eigenvalue weighted by molar-refractivity contribution is 0.102. The Hall–Kier alpha value is -4.07. The Bertz CT molecular complexity index is 1250. The number of carbonyl (C=O) groups is 1. The Morgan fingerprint density at radius 2 is 1.81 bits per heavy atom. The molecule has 0 atom stereocenters. The summed E-state index contributed by atoms with van der Waals surface area (Å²) in [5.41, 5.74) is 3.75. The van der Waals surface area contributed by atoms with Gasteiger partial charge in [-0.25, -0.2) is 14.1 Å². The quantitative estimate of drug-likeness (QED) is 0.506. The first-order chi connectivity index (χ1) is 14.9. The first-order valence-corrected chi connectivity index (χ1v) is 9.62. The molecule has 0 fully saturated rings. The van der Waals surface area contributed by atoms with E-state index in [1.54, 1.807) is 37.4 Å². The number of amides is 1. The van der Waals surface area contributed by atoms with Crippen LogP contribution in [-0.2, 0) is 0 Å². The predicted octanol–water partition coefficient (Wildman–Crippen LogP) is 4.77. The summed E-state index contributed by atoms with van der Waals surface area (Å²) in [5, 5.41) is 10.8. The zero-order valence-corrected chi connectivity index (χ0v) is 17.3. The largest absolute Gasteiger partial charge is 0.437 e. The Labute approximate surface area is 178 Å². The van der Waals surface area contributed by atoms with Crippen LogP contribution in [0.2, 0.25) is 0 Å². The van der Waals surface area contributed by atoms with E-state index in [1.165, 1.54) is 16.8 Å². The van der Waals surface area contributed by atoms with Crippen LogP contribution in [0.5, 0.6) is 11.6 Å². The maximum atomic E-state index is 13.2. The Morgan fingerprint density at radius 1 is 1.03 bits per heavy atom. The van der Waals surface area contributed by atoms with Gasteiger partial charge in [0.1, 0.15) is 17.3 Å². The average Bonchev–Trinajstić information content (AvgIpc) is 3.15. The molecule has 0 aliphatic heterocycles. The Morgan fingerprint density at radius 3 is 2.58 bits per heavy atom. The molecule has 0 saturated carbocycles. The van der Waals surface area contributed by atoms with Crippen molar-refractivity contribution in [3.63, 3.8) is 0 Å². The number of nitrogens with one attached hydrogen (secondary N) is 1. The molecule has 0 unspecified atom stereocenters. The van der Waals surface area contributed by atoms with E-state index in [-0.39, 0.29) is 17.4 Å². The molecule has 0 bridgehead atoms. The number of anilines is 1. The molecule has 0 aliphatic rings. The number of carbonyl (C=O) groups excluding carboxylic acids is 1. The zero-order chi connectivity index (χ0) is 22.0. The summed E-state index contributed by atoms with van der Waals surface area (Å²) >= 11 is 0. The molecule has 1 amide bonds. The number of pyridine rings is 1. The minimum Gasteiger partial charge on any atom is -0.437 e. The second-order valence-electron chi connectivity index (χ2n) is 7.02. The number of ether oxygens (including phenoxy) is 1. The van der Waals surface area contributed by atoms with Crippen molar-refractivity contribution in [3.05, 3.63) is 89.1 Å². The molecule has 156 valence electrons. The highest BCUT2D eigenvalue weighted by Gasteiger charge is 2.19. The molecule has 2 aromatic heterocycles. The number of rotatable bonds is 5. The molecule has 8 heteroatoms. The maximum Gasteiger partial charge on any atom is 0.278 e. The number of halogens is 1. The van der Waals surface area contributed by atoms with Crippen LogP contribution in [0.3, 0.4) is 0 Å². The van der Waals surface area contributed by atoms with E-state index >= 15 is 0 Å². The second kappa shape index (κ2) is 8.35. The van der Waals surface area contributed by atoms with Crippen LogP contribution in [-0.4, -0.2) is 25.9 Å². The molecule has 4 aromatic rings. The van der Waals surface area contributed by atoms with E-state index in [0.29, 0.717) is 22.8 Å². The summed E-state index contributed by atoms with van der Waals surface area (Å²) in [6.07, 6.45) is 1.59. The molecular formula is C23H20FN5O2. The van der Waals surface area contributed by atoms with Gasteiger partial charge in [-0.05, 0) is 74.4 Å². The molecular weight excluding hydrogens is 397 g/mol. The van der Waals surface area contributed by atoms with Gasteiger partial charge >= 0.3 is 0 Å². The average molecular weight is 417 g/mol. The van der Waals surface area contributed by atoms with Crippen LogP contribution in [0.1, 0.15) is 27.3 Å². The van der Waals surface area contributed by atoms with E-state index in [4.69, 9.17) is 4.74 Å². The van der Waals surface area contributed by atoms with E-state index in [9.17, 15) is 9.18 Å². The molecule has 2 heterocycles. The topological polar surface area (TPSA) is 81.9 Å². The van der Waals surface area contributed by atoms with Crippen molar-refractivity contribution >= 4 is 11.6 Å². The molecule has 0 saturated heterocycles. The smallest absolute Gasteiger partial charge is 0.278 e. The van der Waals surface area contributed by atoms with Gasteiger partial charge in [0.2, 0.25) is 5.88 Å². The summed E-state index contributed by atoms with van der Waals surface area (Å²) in [4.78, 5) is 17.2. The normalized spacial score (nSPS) is 10.7. The van der Waals surface area contributed by atoms with Crippen LogP contribution in [0.15, 0.2) is 60.8 Å². The van der Waals surface area contributed by atoms with Crippen LogP contribution < -0.4 is 10.1 Å². The predicted molar refractivity (Wildman–Crippen MR) is 114 cm³/mol. The number of hydrogen-bond donors (Lipinski definition) is 1. The fourth-order valence-electron chi connectivity index (χ4n) is 3.05. The molecule has 31 heavy (non-hydrogen) atoms. The van der Waals surface area contributed by atoms with Gasteiger partial charge < -0.3 is 10.1 Å². The highest BCUT2D eigenvalue weighted by molar-refractivity contribution is 6.04. The highest BCUT2D eigenvalue weighted by atomic mass is 19.1. The summed E-state index contributed by atoms with van der Waals surface area (Å²) in [7, 11) is 0. The molecule has 0 aliphatic carbocycles. The standard InChI is InChI=1S/C23H20FN5O2/c1-14-6-4-8-20(15(14)2)31-23-19(7-5-13-25-23)26-22(30)21-16(3)29(28-27-21)18-11-9-17(24)10-12-18/h4-13H,1-3H3,(H,26,30). The summed E-state index contributed by atoms with van der Waals surface area (Å²) in [6, 6.07) is 14.9. The molecule has 2 aromatic carbocycles. The van der Waals surface area contributed by atoms with Gasteiger partial charge in [-0.15, -0.1) is 5.10 Å². The molecule has 4 rings (SSSR count). The minimum atomic E-state index is -0.454. The Balaban J connectivity index is 1.59. The van der Waals surface area contributed by atoms with Crippen molar-refractivity contribution in [2.24, 2.45) is 0 Å². The van der Waals surface area contributed by atoms with E-state index in [2.05, 4.69) is 20.6 Å². The van der Waals surface area contributed by atoms with Crippen molar-refractivity contribution < 1.29 is 13.9 Å². The fraction of sp³-hybridized carbons (Fsp3) is 0.130. The van der Waals surface area contributed by atoms with E-state index < -0.39 is 5.91 Å². The fourth-order valence-corrected chi connectivity index (χ4v) is 3.05. The first kappa shape index (κ1) is 20.2. The molecule has 0 radical (unpaired) electrons. The lowest BCUT2D eigenvalue weighted by Crippen LogP contribution is -2.15. The number of nitrogens with zero attached hydrogens (tertiary/aromatic N) is 4. The van der Waals surface area contributed by atoms with Gasteiger partial charge in [0.05, 0.1) is 11.4 Å². The SMILES string of the molecule is Cc1cccc(Oc2ncccc2NC(=O)c2nnn(-c3ccc(F)cc3)c2C)c1C. The number of hydrogen-bond acceptors (Lipinski definition) is 5. The van der Waals surface area contributed by atoms with Crippen molar-refractivity contribution in [1.29, 1.82) is 0 Å². The second-order valence-corrected chi connectivity index (χ2v) is 7.02. The van der Waals surface area contributed by atoms with E-state index in [0.717, 1.165) is 11.1 Å². The van der Waals surface area contributed by atoms with Crippen LogP contribution in [0.4, 0.5) is 10.1 Å². The third-order valence-electron chi connectivity index (χ3n) is 4.96. The van der Waals surface area contributed by atoms with Gasteiger partial charge in [-0.1, -0.05) is 17.3 Å². The van der Waals surface area contributed by atoms with Gasteiger partial charge in [0, 0.05) is 6.20 Å². The number of benzene rings is 2. The van der Waals surface area contributed by atoms with Crippen molar-refractivity contribution in [2.45, 2.75) is 20.8 Å². The minimum absolute atomic E-state index is 0.144. The number of aryl methyl sites for hydroxylation is 1. The lowest BCUT2D eigenvalue weighted by Gasteiger charge is -2.13. The third-order valence-corrected chi connectivity index (χ3v) is 4.96. The van der Waals surface area contributed by atoms with Crippen LogP contribution >= 0.6 is 0 Å². The number of aromatic nitrogens is 4. The molecule has 7 nitrogen and oxygen atoms in total. The summed E-state index contributed by atoms with van der Waals surface area (Å²) < 4.78 is 20.6. The lowest BCUT2D eigenvalue weighted by atomic mass is 10.1. The van der Waals surface area contributed by atoms with Crippen molar-refractivity contribution in [2.75, 3.05) is 5.32 Å². The van der Waals surface area contributed by atoms with Crippen LogP contribution in [0, 0.1) is 26.6 Å². The summed E-state index contributed by atoms with van der Waals surface area (Å²) in [6.45, 7) is 5.68. The molecule has 0 spiro atoms. The Kier molecular flexibility index (Phi) is 5.44. The first-order valence-electron chi connectivity index (χ1n) is 9.62. The van der Waals surface area contributed by atoms with Crippen LogP contribution in [0.25, 0.3) is 5.69 Å². The van der Waals surface area contributed by atoms with Crippen molar-refractivity contribution in [3.8, 4) is 17.3 Å². The van der Waals surface area contributed by atoms with Crippen molar-refractivity contribution in [1.82, 2.24) is 20.0 Å².